The summed E-state index contributed by atoms with van der Waals surface area (Å²) in [5.41, 5.74) is 0. The fourth-order valence-corrected chi connectivity index (χ4v) is 1.64. The fourth-order valence-electron chi connectivity index (χ4n) is 1.64. The summed E-state index contributed by atoms with van der Waals surface area (Å²) in [4.78, 5) is 0. The molecule has 0 radical (unpaired) electrons. The number of nitrogens with zero attached hydrogens (tertiary/aromatic N) is 1. The summed E-state index contributed by atoms with van der Waals surface area (Å²) in [6.07, 6.45) is 13.2. The maximum absolute atomic E-state index is 8.37. The third-order valence-electron chi connectivity index (χ3n) is 2.41. The van der Waals surface area contributed by atoms with Crippen LogP contribution < -0.4 is 0 Å². The zero-order valence-electron chi connectivity index (χ0n) is 8.28. The minimum atomic E-state index is -0.117. The predicted molar refractivity (Wildman–Crippen MR) is 55.3 cm³/mol. The van der Waals surface area contributed by atoms with Gasteiger partial charge in [-0.25, -0.2) is 0 Å². The number of terminal acetylenes is 1. The molecule has 74 valence electrons. The summed E-state index contributed by atoms with van der Waals surface area (Å²) in [7, 11) is 0. The molecule has 0 spiro atoms. The minimum absolute atomic E-state index is 0.117. The fraction of sp³-hybridized carbons (Fsp3) is 0.583. The zero-order chi connectivity index (χ0) is 10.2. The molecule has 1 aliphatic carbocycles. The molecule has 0 fully saturated rings. The highest BCUT2D eigenvalue weighted by molar-refractivity contribution is 5.03. The maximum Gasteiger partial charge on any atom is 0.121 e. The molecule has 0 heterocycles. The summed E-state index contributed by atoms with van der Waals surface area (Å²) >= 11 is 0. The van der Waals surface area contributed by atoms with Gasteiger partial charge in [-0.15, -0.1) is 6.42 Å². The molecule has 0 unspecified atom stereocenters. The van der Waals surface area contributed by atoms with Crippen LogP contribution in [0.25, 0.3) is 0 Å². The second-order valence-electron chi connectivity index (χ2n) is 3.41. The van der Waals surface area contributed by atoms with Crippen molar-refractivity contribution in [1.82, 2.24) is 0 Å². The molecule has 0 aromatic carbocycles. The lowest BCUT2D eigenvalue weighted by atomic mass is 9.89. The molecule has 0 saturated carbocycles. The van der Waals surface area contributed by atoms with Gasteiger partial charge in [0.25, 0.3) is 0 Å². The maximum atomic E-state index is 8.37. The van der Waals surface area contributed by atoms with Gasteiger partial charge in [-0.3, -0.25) is 0 Å². The van der Waals surface area contributed by atoms with Gasteiger partial charge in [0.15, 0.2) is 0 Å². The molecular formula is C12H15NO. The molecule has 1 rings (SSSR count). The van der Waals surface area contributed by atoms with Crippen molar-refractivity contribution in [3.63, 3.8) is 0 Å². The van der Waals surface area contributed by atoms with Gasteiger partial charge in [-0.05, 0) is 19.3 Å². The van der Waals surface area contributed by atoms with Crippen LogP contribution in [0.2, 0.25) is 0 Å². The van der Waals surface area contributed by atoms with Gasteiger partial charge in [0, 0.05) is 5.92 Å². The van der Waals surface area contributed by atoms with Gasteiger partial charge in [-0.1, -0.05) is 18.1 Å². The van der Waals surface area contributed by atoms with E-state index in [9.17, 15) is 0 Å². The monoisotopic (exact) mass is 189 g/mol. The molecule has 0 aliphatic heterocycles. The van der Waals surface area contributed by atoms with E-state index in [1.807, 2.05) is 6.07 Å². The lowest BCUT2D eigenvalue weighted by Gasteiger charge is -2.23. The highest BCUT2D eigenvalue weighted by atomic mass is 16.5. The van der Waals surface area contributed by atoms with Crippen LogP contribution in [0.1, 0.15) is 25.7 Å². The van der Waals surface area contributed by atoms with Crippen LogP contribution in [0.15, 0.2) is 12.2 Å². The highest BCUT2D eigenvalue weighted by Gasteiger charge is 2.19. The molecule has 0 N–H and O–H groups in total. The number of hydrogen-bond donors (Lipinski definition) is 0. The van der Waals surface area contributed by atoms with Crippen molar-refractivity contribution in [1.29, 1.82) is 5.26 Å². The molecule has 0 bridgehead atoms. The summed E-state index contributed by atoms with van der Waals surface area (Å²) in [6, 6.07) is 2.04. The Labute approximate surface area is 85.6 Å². The molecule has 2 atom stereocenters. The molecule has 0 saturated heterocycles. The van der Waals surface area contributed by atoms with Crippen molar-refractivity contribution in [3.05, 3.63) is 12.2 Å². The first-order valence-corrected chi connectivity index (χ1v) is 4.98. The Morgan fingerprint density at radius 2 is 2.43 bits per heavy atom. The van der Waals surface area contributed by atoms with Crippen molar-refractivity contribution < 1.29 is 4.74 Å². The van der Waals surface area contributed by atoms with Gasteiger partial charge >= 0.3 is 0 Å². The van der Waals surface area contributed by atoms with Crippen LogP contribution >= 0.6 is 0 Å². The topological polar surface area (TPSA) is 33.0 Å². The second kappa shape index (κ2) is 6.24. The number of rotatable bonds is 4. The van der Waals surface area contributed by atoms with Gasteiger partial charge in [0.05, 0.1) is 19.1 Å². The Bertz CT molecular complexity index is 269. The van der Waals surface area contributed by atoms with Crippen LogP contribution in [-0.4, -0.2) is 12.7 Å². The summed E-state index contributed by atoms with van der Waals surface area (Å²) in [6.45, 7) is 0.450. The van der Waals surface area contributed by atoms with Gasteiger partial charge in [-0.2, -0.15) is 5.26 Å². The first kappa shape index (κ1) is 10.8. The summed E-state index contributed by atoms with van der Waals surface area (Å²) in [5.74, 6) is 3.10. The first-order valence-electron chi connectivity index (χ1n) is 4.98. The van der Waals surface area contributed by atoms with Crippen molar-refractivity contribution in [3.8, 4) is 18.4 Å². The molecule has 2 heteroatoms. The Morgan fingerprint density at radius 1 is 1.57 bits per heavy atom. The van der Waals surface area contributed by atoms with Crippen molar-refractivity contribution >= 4 is 0 Å². The first-order chi connectivity index (χ1) is 6.88. The van der Waals surface area contributed by atoms with E-state index in [2.05, 4.69) is 18.1 Å². The number of allylic oxidation sites excluding steroid dienone is 2. The highest BCUT2D eigenvalue weighted by Crippen LogP contribution is 2.23. The minimum Gasteiger partial charge on any atom is -0.364 e. The third-order valence-corrected chi connectivity index (χ3v) is 2.41. The number of hydrogen-bond acceptors (Lipinski definition) is 2. The SMILES string of the molecule is C#C[C@H](OCCC#N)[C@@H]1CC=CCC1. The van der Waals surface area contributed by atoms with Gasteiger partial charge < -0.3 is 4.74 Å². The van der Waals surface area contributed by atoms with Crippen LogP contribution in [0.3, 0.4) is 0 Å². The smallest absolute Gasteiger partial charge is 0.121 e. The summed E-state index contributed by atoms with van der Waals surface area (Å²) < 4.78 is 5.48. The van der Waals surface area contributed by atoms with E-state index in [1.54, 1.807) is 0 Å². The molecule has 1 aliphatic rings. The van der Waals surface area contributed by atoms with Gasteiger partial charge in [0.1, 0.15) is 6.10 Å². The average molecular weight is 189 g/mol. The molecule has 0 aromatic heterocycles. The van der Waals surface area contributed by atoms with E-state index in [4.69, 9.17) is 16.4 Å². The Hall–Kier alpha value is -1.25. The van der Waals surface area contributed by atoms with Crippen LogP contribution in [0, 0.1) is 29.6 Å². The zero-order valence-corrected chi connectivity index (χ0v) is 8.28. The largest absolute Gasteiger partial charge is 0.364 e. The Balaban J connectivity index is 2.34. The van der Waals surface area contributed by atoms with Crippen molar-refractivity contribution in [2.24, 2.45) is 5.92 Å². The lowest BCUT2D eigenvalue weighted by Crippen LogP contribution is -2.23. The Kier molecular flexibility index (Phi) is 4.83. The van der Waals surface area contributed by atoms with Crippen LogP contribution in [0.4, 0.5) is 0 Å². The lowest BCUT2D eigenvalue weighted by molar-refractivity contribution is 0.0516. The molecular weight excluding hydrogens is 174 g/mol. The quantitative estimate of drug-likeness (QED) is 0.386. The molecule has 0 amide bonds. The predicted octanol–water partition coefficient (Wildman–Crippen LogP) is 2.27. The van der Waals surface area contributed by atoms with E-state index in [0.717, 1.165) is 19.3 Å². The standard InChI is InChI=1S/C12H15NO/c1-2-12(14-10-6-9-13)11-7-4-3-5-8-11/h1,3-4,11-12H,5-8,10H2/t11-,12+/m1/s1. The molecule has 0 aromatic rings. The van der Waals surface area contributed by atoms with E-state index in [0.29, 0.717) is 18.9 Å². The van der Waals surface area contributed by atoms with Gasteiger partial charge in [0.2, 0.25) is 0 Å². The summed E-state index contributed by atoms with van der Waals surface area (Å²) in [5, 5.41) is 8.37. The van der Waals surface area contributed by atoms with E-state index < -0.39 is 0 Å². The van der Waals surface area contributed by atoms with Crippen molar-refractivity contribution in [2.45, 2.75) is 31.8 Å². The number of nitriles is 1. The van der Waals surface area contributed by atoms with Crippen LogP contribution in [0.5, 0.6) is 0 Å². The van der Waals surface area contributed by atoms with E-state index in [-0.39, 0.29) is 6.10 Å². The molecule has 14 heavy (non-hydrogen) atoms. The van der Waals surface area contributed by atoms with Crippen molar-refractivity contribution in [2.75, 3.05) is 6.61 Å². The number of ether oxygens (including phenoxy) is 1. The molecule has 2 nitrogen and oxygen atoms in total. The third kappa shape index (κ3) is 3.24. The normalized spacial score (nSPS) is 22.3. The average Bonchev–Trinajstić information content (AvgIpc) is 2.26. The van der Waals surface area contributed by atoms with Crippen LogP contribution in [-0.2, 0) is 4.74 Å². The van der Waals surface area contributed by atoms with E-state index >= 15 is 0 Å². The van der Waals surface area contributed by atoms with E-state index in [1.165, 1.54) is 0 Å². The Morgan fingerprint density at radius 3 is 3.00 bits per heavy atom. The second-order valence-corrected chi connectivity index (χ2v) is 3.41.